The Labute approximate surface area is 320 Å². The Morgan fingerprint density at radius 1 is 0.357 bits per heavy atom. The summed E-state index contributed by atoms with van der Waals surface area (Å²) in [6, 6.07) is 61.7. The summed E-state index contributed by atoms with van der Waals surface area (Å²) in [5, 5.41) is 15.0. The lowest BCUT2D eigenvalue weighted by atomic mass is 9.97. The van der Waals surface area contributed by atoms with Crippen molar-refractivity contribution >= 4 is 87.9 Å². The van der Waals surface area contributed by atoms with Crippen LogP contribution in [0.1, 0.15) is 22.9 Å². The van der Waals surface area contributed by atoms with Gasteiger partial charge in [0.2, 0.25) is 0 Å². The SMILES string of the molecule is c1ccc2cc(C3=NC(c4cccc5oc6ccc(-c7ccc8oc9ccc%10ccccc%10c9c8c7)cc6c45)N=C(c4ccc5ccccc5c4)N3)ccc2c1. The largest absolute Gasteiger partial charge is 0.456 e. The van der Waals surface area contributed by atoms with E-state index in [9.17, 15) is 0 Å². The van der Waals surface area contributed by atoms with Gasteiger partial charge in [0.1, 0.15) is 34.0 Å². The standard InChI is InChI=1S/C51H31N3O2/c1-3-11-33-26-37(18-16-30(33)8-1)49-52-50(38-19-17-31-9-2-4-12-34(31)27-38)54-51(53-49)40-14-7-15-45-48(40)42-29-36(22-24-44(42)55-45)35-21-23-43-41(28-35)47-39-13-6-5-10-32(39)20-25-46(47)56-43/h1-29,51H,(H,52,53,54). The van der Waals surface area contributed by atoms with E-state index in [0.29, 0.717) is 0 Å². The maximum Gasteiger partial charge on any atom is 0.170 e. The van der Waals surface area contributed by atoms with Crippen molar-refractivity contribution in [2.45, 2.75) is 6.17 Å². The molecule has 12 rings (SSSR count). The minimum absolute atomic E-state index is 0.519. The molecular formula is C51H31N3O2. The van der Waals surface area contributed by atoms with Crippen LogP contribution in [0.5, 0.6) is 0 Å². The van der Waals surface area contributed by atoms with Crippen LogP contribution in [-0.2, 0) is 0 Å². The monoisotopic (exact) mass is 717 g/mol. The van der Waals surface area contributed by atoms with E-state index in [1.165, 1.54) is 21.5 Å². The molecule has 5 nitrogen and oxygen atoms in total. The van der Waals surface area contributed by atoms with Crippen LogP contribution in [0, 0.1) is 0 Å². The van der Waals surface area contributed by atoms with Gasteiger partial charge in [0.25, 0.3) is 0 Å². The molecule has 0 unspecified atom stereocenters. The molecule has 0 saturated carbocycles. The first kappa shape index (κ1) is 30.9. The molecule has 0 spiro atoms. The van der Waals surface area contributed by atoms with Crippen molar-refractivity contribution in [1.82, 2.24) is 5.32 Å². The Hall–Kier alpha value is -7.50. The number of hydrogen-bond acceptors (Lipinski definition) is 5. The van der Waals surface area contributed by atoms with Crippen molar-refractivity contribution in [3.05, 3.63) is 193 Å². The van der Waals surface area contributed by atoms with E-state index in [-0.39, 0.29) is 0 Å². The molecule has 1 N–H and O–H groups in total. The molecule has 0 bridgehead atoms. The molecule has 0 fully saturated rings. The highest BCUT2D eigenvalue weighted by Crippen LogP contribution is 2.41. The van der Waals surface area contributed by atoms with Gasteiger partial charge in [-0.1, -0.05) is 127 Å². The number of hydrogen-bond donors (Lipinski definition) is 1. The summed E-state index contributed by atoms with van der Waals surface area (Å²) < 4.78 is 12.9. The normalized spacial score (nSPS) is 13.6. The van der Waals surface area contributed by atoms with Crippen molar-refractivity contribution in [3.63, 3.8) is 0 Å². The number of furan rings is 2. The molecule has 1 aliphatic heterocycles. The van der Waals surface area contributed by atoms with Crippen molar-refractivity contribution < 1.29 is 8.83 Å². The number of fused-ring (bicyclic) bond motifs is 10. The van der Waals surface area contributed by atoms with E-state index in [1.807, 2.05) is 12.1 Å². The summed E-state index contributed by atoms with van der Waals surface area (Å²) in [4.78, 5) is 10.7. The number of nitrogens with zero attached hydrogens (tertiary/aromatic N) is 2. The van der Waals surface area contributed by atoms with Crippen molar-refractivity contribution in [2.75, 3.05) is 0 Å². The molecule has 9 aromatic carbocycles. The van der Waals surface area contributed by atoms with Crippen LogP contribution in [0.3, 0.4) is 0 Å². The van der Waals surface area contributed by atoms with E-state index in [0.717, 1.165) is 94.1 Å². The molecule has 11 aromatic rings. The molecule has 0 saturated heterocycles. The van der Waals surface area contributed by atoms with Crippen LogP contribution in [0.2, 0.25) is 0 Å². The molecule has 0 amide bonds. The average molecular weight is 718 g/mol. The van der Waals surface area contributed by atoms with Gasteiger partial charge in [-0.15, -0.1) is 0 Å². The zero-order valence-corrected chi connectivity index (χ0v) is 30.0. The molecule has 0 radical (unpaired) electrons. The fourth-order valence-electron chi connectivity index (χ4n) is 8.53. The van der Waals surface area contributed by atoms with Gasteiger partial charge < -0.3 is 14.2 Å². The van der Waals surface area contributed by atoms with Crippen molar-refractivity contribution in [1.29, 1.82) is 0 Å². The van der Waals surface area contributed by atoms with Gasteiger partial charge in [0.05, 0.1) is 0 Å². The van der Waals surface area contributed by atoms with Gasteiger partial charge in [0.15, 0.2) is 6.17 Å². The molecule has 1 aliphatic rings. The summed E-state index contributed by atoms with van der Waals surface area (Å²) in [5.41, 5.74) is 8.60. The molecule has 5 heteroatoms. The summed E-state index contributed by atoms with van der Waals surface area (Å²) in [6.07, 6.45) is -0.519. The fourth-order valence-corrected chi connectivity index (χ4v) is 8.53. The Morgan fingerprint density at radius 3 is 1.50 bits per heavy atom. The van der Waals surface area contributed by atoms with Crippen LogP contribution in [-0.4, -0.2) is 11.7 Å². The van der Waals surface area contributed by atoms with E-state index >= 15 is 0 Å². The molecule has 262 valence electrons. The van der Waals surface area contributed by atoms with E-state index < -0.39 is 6.17 Å². The smallest absolute Gasteiger partial charge is 0.170 e. The lowest BCUT2D eigenvalue weighted by molar-refractivity contribution is 0.667. The van der Waals surface area contributed by atoms with Crippen molar-refractivity contribution in [2.24, 2.45) is 9.98 Å². The maximum absolute atomic E-state index is 6.53. The number of nitrogens with one attached hydrogen (secondary N) is 1. The van der Waals surface area contributed by atoms with Gasteiger partial charge in [-0.25, -0.2) is 9.98 Å². The second kappa shape index (κ2) is 12.0. The summed E-state index contributed by atoms with van der Waals surface area (Å²) in [7, 11) is 0. The van der Waals surface area contributed by atoms with Gasteiger partial charge >= 0.3 is 0 Å². The molecular weight excluding hydrogens is 687 g/mol. The van der Waals surface area contributed by atoms with Crippen LogP contribution in [0.15, 0.2) is 195 Å². The van der Waals surface area contributed by atoms with Gasteiger partial charge in [-0.3, -0.25) is 0 Å². The van der Waals surface area contributed by atoms with E-state index in [2.05, 4.69) is 169 Å². The first-order valence-corrected chi connectivity index (χ1v) is 18.9. The third kappa shape index (κ3) is 4.88. The third-order valence-corrected chi connectivity index (χ3v) is 11.3. The van der Waals surface area contributed by atoms with Crippen LogP contribution < -0.4 is 5.32 Å². The van der Waals surface area contributed by atoms with Crippen LogP contribution in [0.4, 0.5) is 0 Å². The zero-order chi connectivity index (χ0) is 36.7. The lowest BCUT2D eigenvalue weighted by Crippen LogP contribution is -2.36. The number of rotatable bonds is 4. The van der Waals surface area contributed by atoms with E-state index in [1.54, 1.807) is 0 Å². The second-order valence-electron chi connectivity index (χ2n) is 14.6. The second-order valence-corrected chi connectivity index (χ2v) is 14.6. The minimum atomic E-state index is -0.519. The summed E-state index contributed by atoms with van der Waals surface area (Å²) >= 11 is 0. The number of benzene rings is 9. The number of amidine groups is 2. The fraction of sp³-hybridized carbons (Fsp3) is 0.0196. The lowest BCUT2D eigenvalue weighted by Gasteiger charge is -2.23. The highest BCUT2D eigenvalue weighted by atomic mass is 16.3. The Balaban J connectivity index is 1.03. The highest BCUT2D eigenvalue weighted by Gasteiger charge is 2.25. The van der Waals surface area contributed by atoms with Crippen molar-refractivity contribution in [3.8, 4) is 11.1 Å². The van der Waals surface area contributed by atoms with E-state index in [4.69, 9.17) is 18.8 Å². The summed E-state index contributed by atoms with van der Waals surface area (Å²) in [5.74, 6) is 1.55. The highest BCUT2D eigenvalue weighted by molar-refractivity contribution is 6.20. The topological polar surface area (TPSA) is 63.0 Å². The third-order valence-electron chi connectivity index (χ3n) is 11.3. The molecule has 3 heterocycles. The molecule has 0 atom stereocenters. The average Bonchev–Trinajstić information content (AvgIpc) is 3.84. The Bertz CT molecular complexity index is 3380. The molecule has 0 aliphatic carbocycles. The first-order chi connectivity index (χ1) is 27.7. The zero-order valence-electron chi connectivity index (χ0n) is 30.0. The van der Waals surface area contributed by atoms with Gasteiger partial charge in [-0.2, -0.15) is 0 Å². The first-order valence-electron chi connectivity index (χ1n) is 18.9. The minimum Gasteiger partial charge on any atom is -0.456 e. The van der Waals surface area contributed by atoms with Gasteiger partial charge in [-0.05, 0) is 92.0 Å². The van der Waals surface area contributed by atoms with Gasteiger partial charge in [0, 0.05) is 38.2 Å². The predicted molar refractivity (Wildman–Crippen MR) is 231 cm³/mol. The maximum atomic E-state index is 6.53. The summed E-state index contributed by atoms with van der Waals surface area (Å²) in [6.45, 7) is 0. The van der Waals surface area contributed by atoms with Crippen LogP contribution in [0.25, 0.3) is 87.3 Å². The Morgan fingerprint density at radius 2 is 0.857 bits per heavy atom. The Kier molecular flexibility index (Phi) is 6.63. The molecule has 56 heavy (non-hydrogen) atoms. The molecule has 2 aromatic heterocycles. The predicted octanol–water partition coefficient (Wildman–Crippen LogP) is 13.1. The number of aliphatic imine (C=N–C) groups is 2. The van der Waals surface area contributed by atoms with Crippen LogP contribution >= 0.6 is 0 Å². The quantitative estimate of drug-likeness (QED) is 0.197.